The summed E-state index contributed by atoms with van der Waals surface area (Å²) < 4.78 is 4.83. The summed E-state index contributed by atoms with van der Waals surface area (Å²) in [6.07, 6.45) is 2.59. The smallest absolute Gasteiger partial charge is 0.306 e. The van der Waals surface area contributed by atoms with Gasteiger partial charge in [0.05, 0.1) is 13.0 Å². The lowest BCUT2D eigenvalue weighted by atomic mass is 9.96. The van der Waals surface area contributed by atoms with Gasteiger partial charge in [0.1, 0.15) is 0 Å². The molecule has 0 N–H and O–H groups in total. The van der Waals surface area contributed by atoms with Gasteiger partial charge < -0.3 is 14.5 Å². The van der Waals surface area contributed by atoms with Crippen LogP contribution in [0.25, 0.3) is 0 Å². The maximum Gasteiger partial charge on any atom is 0.306 e. The van der Waals surface area contributed by atoms with Crippen LogP contribution in [0.5, 0.6) is 0 Å². The van der Waals surface area contributed by atoms with Crippen molar-refractivity contribution in [2.45, 2.75) is 32.6 Å². The van der Waals surface area contributed by atoms with E-state index in [1.54, 1.807) is 6.92 Å². The molecule has 0 spiro atoms. The van der Waals surface area contributed by atoms with Crippen molar-refractivity contribution in [1.82, 2.24) is 9.80 Å². The molecule has 1 aliphatic heterocycles. The van der Waals surface area contributed by atoms with Crippen molar-refractivity contribution in [2.75, 3.05) is 40.3 Å². The van der Waals surface area contributed by atoms with E-state index in [0.717, 1.165) is 32.5 Å². The number of piperidine rings is 1. The van der Waals surface area contributed by atoms with Gasteiger partial charge in [-0.15, -0.1) is 0 Å². The van der Waals surface area contributed by atoms with Crippen LogP contribution >= 0.6 is 0 Å². The fourth-order valence-corrected chi connectivity index (χ4v) is 2.48. The lowest BCUT2D eigenvalue weighted by Gasteiger charge is -2.33. The predicted octanol–water partition coefficient (Wildman–Crippen LogP) is 1.13. The van der Waals surface area contributed by atoms with E-state index in [4.69, 9.17) is 4.74 Å². The lowest BCUT2D eigenvalue weighted by Crippen LogP contribution is -2.40. The Hall–Kier alpha value is -1.10. The second-order valence-corrected chi connectivity index (χ2v) is 5.39. The van der Waals surface area contributed by atoms with E-state index in [-0.39, 0.29) is 24.7 Å². The Labute approximate surface area is 115 Å². The number of rotatable bonds is 6. The zero-order valence-corrected chi connectivity index (χ0v) is 12.4. The van der Waals surface area contributed by atoms with Crippen LogP contribution < -0.4 is 0 Å². The van der Waals surface area contributed by atoms with Crippen LogP contribution in [0, 0.1) is 5.92 Å². The second kappa shape index (κ2) is 8.15. The molecular formula is C14H26N2O3. The normalized spacial score (nSPS) is 16.7. The molecular weight excluding hydrogens is 244 g/mol. The summed E-state index contributed by atoms with van der Waals surface area (Å²) in [5, 5.41) is 0. The van der Waals surface area contributed by atoms with E-state index in [1.165, 1.54) is 0 Å². The molecule has 5 nitrogen and oxygen atoms in total. The zero-order chi connectivity index (χ0) is 14.3. The van der Waals surface area contributed by atoms with Crippen LogP contribution in [0.4, 0.5) is 0 Å². The molecule has 5 heteroatoms. The van der Waals surface area contributed by atoms with E-state index >= 15 is 0 Å². The number of ether oxygens (including phenoxy) is 1. The number of likely N-dealkylation sites (tertiary alicyclic amines) is 1. The highest BCUT2D eigenvalue weighted by molar-refractivity contribution is 5.81. The average molecular weight is 270 g/mol. The van der Waals surface area contributed by atoms with Crippen molar-refractivity contribution in [3.8, 4) is 0 Å². The van der Waals surface area contributed by atoms with Crippen molar-refractivity contribution in [2.24, 2.45) is 5.92 Å². The zero-order valence-electron chi connectivity index (χ0n) is 12.4. The Bertz CT molecular complexity index is 297. The molecule has 0 aromatic heterocycles. The summed E-state index contributed by atoms with van der Waals surface area (Å²) in [6.45, 7) is 4.88. The van der Waals surface area contributed by atoms with Gasteiger partial charge in [0.15, 0.2) is 0 Å². The molecule has 1 saturated heterocycles. The first-order chi connectivity index (χ1) is 9.02. The molecule has 110 valence electrons. The molecule has 0 saturated carbocycles. The van der Waals surface area contributed by atoms with E-state index in [0.29, 0.717) is 12.5 Å². The number of esters is 1. The third kappa shape index (κ3) is 6.05. The SMILES string of the molecule is CCOC(=O)CCC(=O)N1CCC(CN(C)C)CC1. The molecule has 0 aromatic rings. The van der Waals surface area contributed by atoms with Crippen LogP contribution in [-0.2, 0) is 14.3 Å². The molecule has 19 heavy (non-hydrogen) atoms. The fraction of sp³-hybridized carbons (Fsp3) is 0.857. The van der Waals surface area contributed by atoms with Gasteiger partial charge in [0, 0.05) is 26.1 Å². The Morgan fingerprint density at radius 2 is 1.84 bits per heavy atom. The second-order valence-electron chi connectivity index (χ2n) is 5.39. The van der Waals surface area contributed by atoms with Gasteiger partial charge in [-0.25, -0.2) is 0 Å². The molecule has 0 atom stereocenters. The first-order valence-corrected chi connectivity index (χ1v) is 7.11. The van der Waals surface area contributed by atoms with Gasteiger partial charge in [0.2, 0.25) is 5.91 Å². The van der Waals surface area contributed by atoms with Gasteiger partial charge in [-0.05, 0) is 39.8 Å². The number of hydrogen-bond acceptors (Lipinski definition) is 4. The number of carbonyl (C=O) groups is 2. The van der Waals surface area contributed by atoms with Gasteiger partial charge in [0.25, 0.3) is 0 Å². The highest BCUT2D eigenvalue weighted by atomic mass is 16.5. The third-order valence-corrected chi connectivity index (χ3v) is 3.44. The highest BCUT2D eigenvalue weighted by Crippen LogP contribution is 2.18. The highest BCUT2D eigenvalue weighted by Gasteiger charge is 2.23. The average Bonchev–Trinajstić information content (AvgIpc) is 2.36. The Balaban J connectivity index is 2.23. The van der Waals surface area contributed by atoms with Crippen molar-refractivity contribution >= 4 is 11.9 Å². The minimum atomic E-state index is -0.279. The van der Waals surface area contributed by atoms with Crippen molar-refractivity contribution in [3.05, 3.63) is 0 Å². The first kappa shape index (κ1) is 16.0. The van der Waals surface area contributed by atoms with Crippen LogP contribution in [-0.4, -0.2) is 62.0 Å². The minimum absolute atomic E-state index is 0.0800. The summed E-state index contributed by atoms with van der Waals surface area (Å²) in [5.74, 6) is 0.485. The van der Waals surface area contributed by atoms with Crippen LogP contribution in [0.2, 0.25) is 0 Å². The first-order valence-electron chi connectivity index (χ1n) is 7.11. The fourth-order valence-electron chi connectivity index (χ4n) is 2.48. The monoisotopic (exact) mass is 270 g/mol. The number of hydrogen-bond donors (Lipinski definition) is 0. The molecule has 1 heterocycles. The predicted molar refractivity (Wildman–Crippen MR) is 73.7 cm³/mol. The molecule has 0 bridgehead atoms. The quantitative estimate of drug-likeness (QED) is 0.679. The summed E-state index contributed by atoms with van der Waals surface area (Å²) in [5.41, 5.74) is 0. The van der Waals surface area contributed by atoms with Crippen molar-refractivity contribution < 1.29 is 14.3 Å². The number of amides is 1. The molecule has 0 radical (unpaired) electrons. The molecule has 0 aromatic carbocycles. The number of nitrogens with zero attached hydrogens (tertiary/aromatic N) is 2. The van der Waals surface area contributed by atoms with Gasteiger partial charge in [-0.3, -0.25) is 9.59 Å². The molecule has 1 rings (SSSR count). The van der Waals surface area contributed by atoms with E-state index in [1.807, 2.05) is 4.90 Å². The van der Waals surface area contributed by atoms with Crippen LogP contribution in [0.3, 0.4) is 0 Å². The molecule has 1 amide bonds. The van der Waals surface area contributed by atoms with Crippen molar-refractivity contribution in [3.63, 3.8) is 0 Å². The maximum absolute atomic E-state index is 11.9. The largest absolute Gasteiger partial charge is 0.466 e. The number of carbonyl (C=O) groups excluding carboxylic acids is 2. The minimum Gasteiger partial charge on any atom is -0.466 e. The van der Waals surface area contributed by atoms with E-state index in [2.05, 4.69) is 19.0 Å². The maximum atomic E-state index is 11.9. The van der Waals surface area contributed by atoms with Crippen molar-refractivity contribution in [1.29, 1.82) is 0 Å². The van der Waals surface area contributed by atoms with E-state index < -0.39 is 0 Å². The van der Waals surface area contributed by atoms with Gasteiger partial charge in [-0.2, -0.15) is 0 Å². The van der Waals surface area contributed by atoms with Crippen LogP contribution in [0.1, 0.15) is 32.6 Å². The van der Waals surface area contributed by atoms with E-state index in [9.17, 15) is 9.59 Å². The molecule has 1 fully saturated rings. The summed E-state index contributed by atoms with van der Waals surface area (Å²) >= 11 is 0. The molecule has 0 unspecified atom stereocenters. The summed E-state index contributed by atoms with van der Waals surface area (Å²) in [6, 6.07) is 0. The van der Waals surface area contributed by atoms with Gasteiger partial charge >= 0.3 is 5.97 Å². The summed E-state index contributed by atoms with van der Waals surface area (Å²) in [7, 11) is 4.16. The Kier molecular flexibility index (Phi) is 6.84. The topological polar surface area (TPSA) is 49.9 Å². The molecule has 0 aliphatic carbocycles. The van der Waals surface area contributed by atoms with Gasteiger partial charge in [-0.1, -0.05) is 0 Å². The third-order valence-electron chi connectivity index (χ3n) is 3.44. The summed E-state index contributed by atoms with van der Waals surface area (Å²) in [4.78, 5) is 27.2. The van der Waals surface area contributed by atoms with Crippen LogP contribution in [0.15, 0.2) is 0 Å². The Morgan fingerprint density at radius 3 is 2.37 bits per heavy atom. The standard InChI is InChI=1S/C14H26N2O3/c1-4-19-14(18)6-5-13(17)16-9-7-12(8-10-16)11-15(2)3/h12H,4-11H2,1-3H3. The molecule has 1 aliphatic rings. The Morgan fingerprint density at radius 1 is 1.21 bits per heavy atom. The lowest BCUT2D eigenvalue weighted by molar-refractivity contribution is -0.146.